The van der Waals surface area contributed by atoms with Crippen LogP contribution >= 0.6 is 0 Å². The number of aromatic nitrogens is 4. The second-order valence-electron chi connectivity index (χ2n) is 6.92. The third-order valence-electron chi connectivity index (χ3n) is 5.41. The minimum atomic E-state index is -0.226. The van der Waals surface area contributed by atoms with Crippen LogP contribution in [0.5, 0.6) is 5.88 Å². The molecule has 2 fully saturated rings. The van der Waals surface area contributed by atoms with Crippen LogP contribution in [-0.4, -0.2) is 51.1 Å². The topological polar surface area (TPSA) is 94.2 Å². The molecule has 0 unspecified atom stereocenters. The second kappa shape index (κ2) is 5.79. The number of aryl methyl sites for hydroxylation is 2. The van der Waals surface area contributed by atoms with Gasteiger partial charge in [0.2, 0.25) is 11.8 Å². The van der Waals surface area contributed by atoms with Crippen molar-refractivity contribution in [2.24, 2.45) is 5.92 Å². The van der Waals surface area contributed by atoms with Gasteiger partial charge < -0.3 is 14.2 Å². The molecule has 1 saturated carbocycles. The molecule has 0 N–H and O–H groups in total. The van der Waals surface area contributed by atoms with Crippen LogP contribution in [0.4, 0.5) is 0 Å². The fraction of sp³-hybridized carbons (Fsp3) is 0.588. The Kier molecular flexibility index (Phi) is 3.70. The number of rotatable bonds is 3. The molecule has 4 rings (SSSR count). The SMILES string of the molecule is COc1nc(C)ncc1C(=O)N1C[C@@H]2CCC[C@]2(c2nc(C)no2)C1. The highest BCUT2D eigenvalue weighted by atomic mass is 16.5. The lowest BCUT2D eigenvalue weighted by atomic mass is 9.80. The minimum absolute atomic E-state index is 0.109. The standard InChI is InChI=1S/C17H21N5O3/c1-10-18-7-13(14(19-10)24-3)15(23)22-8-12-5-4-6-17(12,9-22)16-20-11(2)21-25-16/h7,12H,4-6,8-9H2,1-3H3/t12-,17-/m0/s1. The van der Waals surface area contributed by atoms with Crippen LogP contribution in [0.15, 0.2) is 10.7 Å². The molecule has 1 saturated heterocycles. The summed E-state index contributed by atoms with van der Waals surface area (Å²) in [5.41, 5.74) is 0.167. The van der Waals surface area contributed by atoms with Crippen molar-refractivity contribution >= 4 is 5.91 Å². The lowest BCUT2D eigenvalue weighted by Gasteiger charge is -2.24. The molecule has 0 aromatic carbocycles. The van der Waals surface area contributed by atoms with Crippen molar-refractivity contribution in [1.82, 2.24) is 25.0 Å². The van der Waals surface area contributed by atoms with Crippen molar-refractivity contribution in [1.29, 1.82) is 0 Å². The minimum Gasteiger partial charge on any atom is -0.480 e. The number of carbonyl (C=O) groups excluding carboxylic acids is 1. The molecule has 132 valence electrons. The highest BCUT2D eigenvalue weighted by molar-refractivity contribution is 5.96. The maximum Gasteiger partial charge on any atom is 0.260 e. The van der Waals surface area contributed by atoms with Crippen LogP contribution in [0.1, 0.15) is 47.2 Å². The Morgan fingerprint density at radius 1 is 1.36 bits per heavy atom. The number of hydrogen-bond donors (Lipinski definition) is 0. The predicted octanol–water partition coefficient (Wildman–Crippen LogP) is 1.68. The summed E-state index contributed by atoms with van der Waals surface area (Å²) in [6.45, 7) is 4.84. The van der Waals surface area contributed by atoms with Gasteiger partial charge in [-0.2, -0.15) is 9.97 Å². The zero-order valence-electron chi connectivity index (χ0n) is 14.7. The zero-order valence-corrected chi connectivity index (χ0v) is 14.7. The third-order valence-corrected chi connectivity index (χ3v) is 5.41. The molecule has 2 aromatic heterocycles. The number of amides is 1. The fourth-order valence-corrected chi connectivity index (χ4v) is 4.21. The summed E-state index contributed by atoms with van der Waals surface area (Å²) in [4.78, 5) is 27.7. The number of ether oxygens (including phenoxy) is 1. The molecule has 1 aliphatic carbocycles. The van der Waals surface area contributed by atoms with Crippen LogP contribution < -0.4 is 4.74 Å². The van der Waals surface area contributed by atoms with Crippen molar-refractivity contribution in [3.8, 4) is 5.88 Å². The van der Waals surface area contributed by atoms with Crippen LogP contribution in [0.2, 0.25) is 0 Å². The molecule has 0 radical (unpaired) electrons. The van der Waals surface area contributed by atoms with E-state index in [9.17, 15) is 4.79 Å². The van der Waals surface area contributed by atoms with Gasteiger partial charge in [-0.05, 0) is 32.6 Å². The summed E-state index contributed by atoms with van der Waals surface area (Å²) in [5.74, 6) is 2.42. The molecule has 1 aliphatic heterocycles. The van der Waals surface area contributed by atoms with E-state index in [0.29, 0.717) is 48.0 Å². The van der Waals surface area contributed by atoms with Crippen LogP contribution in [0.3, 0.4) is 0 Å². The quantitative estimate of drug-likeness (QED) is 0.837. The molecule has 3 heterocycles. The van der Waals surface area contributed by atoms with Crippen molar-refractivity contribution in [3.63, 3.8) is 0 Å². The van der Waals surface area contributed by atoms with E-state index in [4.69, 9.17) is 9.26 Å². The summed E-state index contributed by atoms with van der Waals surface area (Å²) in [5, 5.41) is 3.95. The molecule has 25 heavy (non-hydrogen) atoms. The summed E-state index contributed by atoms with van der Waals surface area (Å²) in [6, 6.07) is 0. The molecule has 2 atom stereocenters. The number of methoxy groups -OCH3 is 1. The first-order chi connectivity index (χ1) is 12.0. The summed E-state index contributed by atoms with van der Waals surface area (Å²) in [7, 11) is 1.51. The van der Waals surface area contributed by atoms with Crippen LogP contribution in [0, 0.1) is 19.8 Å². The lowest BCUT2D eigenvalue weighted by Crippen LogP contribution is -2.35. The lowest BCUT2D eigenvalue weighted by molar-refractivity contribution is 0.0770. The average Bonchev–Trinajstić information content (AvgIpc) is 3.27. The van der Waals surface area contributed by atoms with Gasteiger partial charge in [0.05, 0.1) is 12.5 Å². The predicted molar refractivity (Wildman–Crippen MR) is 87.3 cm³/mol. The normalized spacial score (nSPS) is 25.2. The van der Waals surface area contributed by atoms with Gasteiger partial charge in [0.15, 0.2) is 5.82 Å². The summed E-state index contributed by atoms with van der Waals surface area (Å²) >= 11 is 0. The van der Waals surface area contributed by atoms with Gasteiger partial charge in [0, 0.05) is 19.3 Å². The molecule has 2 aromatic rings. The Hall–Kier alpha value is -2.51. The number of fused-ring (bicyclic) bond motifs is 1. The molecule has 8 nitrogen and oxygen atoms in total. The van der Waals surface area contributed by atoms with Crippen molar-refractivity contribution in [2.75, 3.05) is 20.2 Å². The number of likely N-dealkylation sites (tertiary alicyclic amines) is 1. The van der Waals surface area contributed by atoms with E-state index in [-0.39, 0.29) is 11.3 Å². The average molecular weight is 343 g/mol. The van der Waals surface area contributed by atoms with E-state index in [1.807, 2.05) is 11.8 Å². The first kappa shape index (κ1) is 16.0. The number of carbonyl (C=O) groups is 1. The van der Waals surface area contributed by atoms with Gasteiger partial charge in [-0.15, -0.1) is 0 Å². The summed E-state index contributed by atoms with van der Waals surface area (Å²) in [6.07, 6.45) is 4.68. The molecule has 2 aliphatic rings. The number of hydrogen-bond acceptors (Lipinski definition) is 7. The molecule has 0 spiro atoms. The number of nitrogens with zero attached hydrogens (tertiary/aromatic N) is 5. The Labute approximate surface area is 145 Å². The van der Waals surface area contributed by atoms with Gasteiger partial charge in [-0.1, -0.05) is 11.6 Å². The van der Waals surface area contributed by atoms with E-state index in [0.717, 1.165) is 19.3 Å². The van der Waals surface area contributed by atoms with E-state index >= 15 is 0 Å². The maximum absolute atomic E-state index is 13.0. The van der Waals surface area contributed by atoms with Crippen LogP contribution in [-0.2, 0) is 5.41 Å². The molecule has 1 amide bonds. The van der Waals surface area contributed by atoms with Crippen molar-refractivity contribution < 1.29 is 14.1 Å². The Bertz CT molecular complexity index is 820. The van der Waals surface area contributed by atoms with Gasteiger partial charge in [0.1, 0.15) is 11.4 Å². The monoisotopic (exact) mass is 343 g/mol. The first-order valence-electron chi connectivity index (χ1n) is 8.51. The Morgan fingerprint density at radius 3 is 2.92 bits per heavy atom. The van der Waals surface area contributed by atoms with E-state index in [1.54, 1.807) is 13.1 Å². The molecule has 8 heteroatoms. The largest absolute Gasteiger partial charge is 0.480 e. The molecule has 0 bridgehead atoms. The zero-order chi connectivity index (χ0) is 17.6. The second-order valence-corrected chi connectivity index (χ2v) is 6.92. The highest BCUT2D eigenvalue weighted by Crippen LogP contribution is 2.50. The summed E-state index contributed by atoms with van der Waals surface area (Å²) < 4.78 is 10.8. The Morgan fingerprint density at radius 2 is 2.20 bits per heavy atom. The van der Waals surface area contributed by atoms with Gasteiger partial charge in [-0.25, -0.2) is 4.98 Å². The third kappa shape index (κ3) is 2.47. The Balaban J connectivity index is 1.64. The van der Waals surface area contributed by atoms with Gasteiger partial charge in [-0.3, -0.25) is 4.79 Å². The molecular weight excluding hydrogens is 322 g/mol. The van der Waals surface area contributed by atoms with Crippen molar-refractivity contribution in [3.05, 3.63) is 29.3 Å². The molecular formula is C17H21N5O3. The van der Waals surface area contributed by atoms with Gasteiger partial charge in [0.25, 0.3) is 5.91 Å². The smallest absolute Gasteiger partial charge is 0.260 e. The van der Waals surface area contributed by atoms with E-state index < -0.39 is 0 Å². The maximum atomic E-state index is 13.0. The van der Waals surface area contributed by atoms with Crippen LogP contribution in [0.25, 0.3) is 0 Å². The fourth-order valence-electron chi connectivity index (χ4n) is 4.21. The van der Waals surface area contributed by atoms with E-state index in [1.165, 1.54) is 7.11 Å². The van der Waals surface area contributed by atoms with E-state index in [2.05, 4.69) is 20.1 Å². The van der Waals surface area contributed by atoms with Gasteiger partial charge >= 0.3 is 0 Å². The highest BCUT2D eigenvalue weighted by Gasteiger charge is 2.55. The van der Waals surface area contributed by atoms with Crippen molar-refractivity contribution in [2.45, 2.75) is 38.5 Å². The first-order valence-corrected chi connectivity index (χ1v) is 8.51.